The van der Waals surface area contributed by atoms with Gasteiger partial charge in [0.25, 0.3) is 0 Å². The molecule has 2 rings (SSSR count). The van der Waals surface area contributed by atoms with E-state index in [4.69, 9.17) is 9.26 Å². The number of nitrogens with zero attached hydrogens (tertiary/aromatic N) is 1. The van der Waals surface area contributed by atoms with Gasteiger partial charge in [-0.05, 0) is 36.7 Å². The molecule has 146 valence electrons. The molecule has 0 heterocycles. The predicted molar refractivity (Wildman–Crippen MR) is 116 cm³/mol. The lowest BCUT2D eigenvalue weighted by Gasteiger charge is -2.37. The third-order valence-corrected chi connectivity index (χ3v) is 5.10. The Kier molecular flexibility index (Phi) is 8.45. The van der Waals surface area contributed by atoms with Crippen molar-refractivity contribution >= 4 is 8.32 Å². The summed E-state index contributed by atoms with van der Waals surface area (Å²) in [5.41, 5.74) is 2.42. The van der Waals surface area contributed by atoms with Crippen molar-refractivity contribution in [1.82, 2.24) is 5.06 Å². The van der Waals surface area contributed by atoms with Crippen molar-refractivity contribution in [2.45, 2.75) is 45.8 Å². The lowest BCUT2D eigenvalue weighted by molar-refractivity contribution is -0.142. The molecule has 4 heteroatoms. The minimum absolute atomic E-state index is 0.109. The molecule has 0 aliphatic carbocycles. The molecule has 0 aliphatic rings. The van der Waals surface area contributed by atoms with Crippen molar-refractivity contribution in [3.63, 3.8) is 0 Å². The van der Waals surface area contributed by atoms with E-state index >= 15 is 0 Å². The average molecular weight is 384 g/mol. The second-order valence-corrected chi connectivity index (χ2v) is 12.3. The number of benzene rings is 2. The second-order valence-electron chi connectivity index (χ2n) is 7.93. The third kappa shape index (κ3) is 7.81. The first-order valence-electron chi connectivity index (χ1n) is 9.63. The highest BCUT2D eigenvalue weighted by Crippen LogP contribution is 2.21. The maximum Gasteiger partial charge on any atom is 0.212 e. The van der Waals surface area contributed by atoms with Crippen LogP contribution in [0.4, 0.5) is 0 Å². The fraction of sp³-hybridized carbons (Fsp3) is 0.391. The molecule has 27 heavy (non-hydrogen) atoms. The molecule has 2 aromatic rings. The summed E-state index contributed by atoms with van der Waals surface area (Å²) >= 11 is 0. The van der Waals surface area contributed by atoms with E-state index in [0.29, 0.717) is 13.2 Å². The van der Waals surface area contributed by atoms with Crippen LogP contribution in [0.3, 0.4) is 0 Å². The molecule has 0 amide bonds. The molecule has 0 N–H and O–H groups in total. The van der Waals surface area contributed by atoms with Crippen molar-refractivity contribution in [3.05, 3.63) is 84.4 Å². The SMILES string of the molecule is C=C[C@@H](C)[C@@H](COCc1ccccc1)N(Cc1ccccc1)O[Si](C)(C)C. The normalized spacial score (nSPS) is 14.1. The van der Waals surface area contributed by atoms with Gasteiger partial charge in [0.05, 0.1) is 19.3 Å². The van der Waals surface area contributed by atoms with E-state index in [2.05, 4.69) is 74.6 Å². The Morgan fingerprint density at radius 3 is 2.04 bits per heavy atom. The van der Waals surface area contributed by atoms with Gasteiger partial charge in [-0.1, -0.05) is 73.7 Å². The molecule has 0 aromatic heterocycles. The summed E-state index contributed by atoms with van der Waals surface area (Å²) in [6.07, 6.45) is 1.99. The molecule has 0 aliphatic heterocycles. The first kappa shape index (κ1) is 21.6. The van der Waals surface area contributed by atoms with Gasteiger partial charge in [-0.3, -0.25) is 0 Å². The number of ether oxygens (including phenoxy) is 1. The van der Waals surface area contributed by atoms with Gasteiger partial charge in [0.15, 0.2) is 0 Å². The lowest BCUT2D eigenvalue weighted by atomic mass is 10.0. The van der Waals surface area contributed by atoms with Gasteiger partial charge >= 0.3 is 0 Å². The van der Waals surface area contributed by atoms with Gasteiger partial charge in [-0.25, -0.2) is 0 Å². The number of hydroxylamine groups is 2. The Labute approximate surface area is 165 Å². The summed E-state index contributed by atoms with van der Waals surface area (Å²) in [4.78, 5) is 0. The molecule has 0 spiro atoms. The van der Waals surface area contributed by atoms with E-state index in [1.54, 1.807) is 0 Å². The molecule has 0 unspecified atom stereocenters. The van der Waals surface area contributed by atoms with E-state index in [9.17, 15) is 0 Å². The molecule has 0 saturated carbocycles. The van der Waals surface area contributed by atoms with Crippen molar-refractivity contribution in [2.75, 3.05) is 6.61 Å². The summed E-state index contributed by atoms with van der Waals surface area (Å²) in [7, 11) is -1.76. The Morgan fingerprint density at radius 2 is 1.52 bits per heavy atom. The molecule has 0 saturated heterocycles. The second kappa shape index (κ2) is 10.6. The quantitative estimate of drug-likeness (QED) is 0.284. The molecule has 2 aromatic carbocycles. The zero-order valence-corrected chi connectivity index (χ0v) is 18.1. The lowest BCUT2D eigenvalue weighted by Crippen LogP contribution is -2.47. The van der Waals surface area contributed by atoms with Crippen LogP contribution < -0.4 is 0 Å². The highest BCUT2D eigenvalue weighted by molar-refractivity contribution is 6.69. The van der Waals surface area contributed by atoms with Crippen LogP contribution in [0.15, 0.2) is 73.3 Å². The minimum atomic E-state index is -1.76. The topological polar surface area (TPSA) is 21.7 Å². The van der Waals surface area contributed by atoms with Crippen molar-refractivity contribution < 1.29 is 9.26 Å². The first-order valence-corrected chi connectivity index (χ1v) is 13.0. The fourth-order valence-corrected chi connectivity index (χ4v) is 3.76. The predicted octanol–water partition coefficient (Wildman–Crippen LogP) is 5.66. The Hall–Kier alpha value is -1.72. The maximum absolute atomic E-state index is 6.47. The standard InChI is InChI=1S/C23H33NO2Si/c1-6-20(2)23(19-25-18-22-15-11-8-12-16-22)24(26-27(3,4)5)17-21-13-9-7-10-14-21/h6-16,20,23H,1,17-19H2,2-5H3/t20-,23-/m1/s1. The van der Waals surface area contributed by atoms with Gasteiger partial charge in [0.2, 0.25) is 8.32 Å². The zero-order chi connectivity index (χ0) is 19.7. The Bertz CT molecular complexity index is 670. The first-order chi connectivity index (χ1) is 12.9. The molecule has 0 radical (unpaired) electrons. The fourth-order valence-electron chi connectivity index (χ4n) is 2.86. The zero-order valence-electron chi connectivity index (χ0n) is 17.1. The van der Waals surface area contributed by atoms with E-state index < -0.39 is 8.32 Å². The van der Waals surface area contributed by atoms with Crippen LogP contribution in [0, 0.1) is 5.92 Å². The summed E-state index contributed by atoms with van der Waals surface area (Å²) in [6.45, 7) is 14.8. The summed E-state index contributed by atoms with van der Waals surface area (Å²) in [5.74, 6) is 0.251. The average Bonchev–Trinajstić information content (AvgIpc) is 2.65. The number of hydrogen-bond donors (Lipinski definition) is 0. The smallest absolute Gasteiger partial charge is 0.212 e. The van der Waals surface area contributed by atoms with Crippen LogP contribution in [-0.4, -0.2) is 26.0 Å². The maximum atomic E-state index is 6.47. The third-order valence-electron chi connectivity index (χ3n) is 4.32. The number of hydrogen-bond acceptors (Lipinski definition) is 3. The van der Waals surface area contributed by atoms with Crippen molar-refractivity contribution in [3.8, 4) is 0 Å². The van der Waals surface area contributed by atoms with Gasteiger partial charge in [0, 0.05) is 6.54 Å². The molecule has 2 atom stereocenters. The van der Waals surface area contributed by atoms with Gasteiger partial charge in [-0.2, -0.15) is 5.06 Å². The van der Waals surface area contributed by atoms with Crippen molar-refractivity contribution in [1.29, 1.82) is 0 Å². The highest BCUT2D eigenvalue weighted by atomic mass is 28.4. The monoisotopic (exact) mass is 383 g/mol. The van der Waals surface area contributed by atoms with Gasteiger partial charge in [-0.15, -0.1) is 6.58 Å². The van der Waals surface area contributed by atoms with Gasteiger partial charge in [0.1, 0.15) is 0 Å². The molecular formula is C23H33NO2Si. The Balaban J connectivity index is 2.12. The molecule has 3 nitrogen and oxygen atoms in total. The van der Waals surface area contributed by atoms with E-state index in [1.165, 1.54) is 11.1 Å². The van der Waals surface area contributed by atoms with Crippen LogP contribution in [0.25, 0.3) is 0 Å². The molecule has 0 fully saturated rings. The van der Waals surface area contributed by atoms with Crippen LogP contribution in [0.5, 0.6) is 0 Å². The molecular weight excluding hydrogens is 350 g/mol. The summed E-state index contributed by atoms with van der Waals surface area (Å²) < 4.78 is 12.6. The summed E-state index contributed by atoms with van der Waals surface area (Å²) in [6, 6.07) is 20.9. The number of rotatable bonds is 11. The van der Waals surface area contributed by atoms with Crippen LogP contribution in [0.1, 0.15) is 18.1 Å². The van der Waals surface area contributed by atoms with E-state index in [0.717, 1.165) is 6.54 Å². The summed E-state index contributed by atoms with van der Waals surface area (Å²) in [5, 5.41) is 2.12. The van der Waals surface area contributed by atoms with Gasteiger partial charge < -0.3 is 9.26 Å². The van der Waals surface area contributed by atoms with E-state index in [-0.39, 0.29) is 12.0 Å². The van der Waals surface area contributed by atoms with Crippen LogP contribution >= 0.6 is 0 Å². The van der Waals surface area contributed by atoms with Crippen LogP contribution in [0.2, 0.25) is 19.6 Å². The minimum Gasteiger partial charge on any atom is -0.375 e. The highest BCUT2D eigenvalue weighted by Gasteiger charge is 2.29. The van der Waals surface area contributed by atoms with E-state index in [1.807, 2.05) is 30.3 Å². The largest absolute Gasteiger partial charge is 0.375 e. The molecule has 0 bridgehead atoms. The van der Waals surface area contributed by atoms with Crippen LogP contribution in [-0.2, 0) is 22.4 Å². The Morgan fingerprint density at radius 1 is 0.963 bits per heavy atom. The van der Waals surface area contributed by atoms with Crippen molar-refractivity contribution in [2.24, 2.45) is 5.92 Å².